The normalized spacial score (nSPS) is 16.8. The minimum Gasteiger partial charge on any atom is -0.368 e. The molecule has 0 atom stereocenters. The molecule has 3 heteroatoms. The molecule has 0 aliphatic heterocycles. The minimum atomic E-state index is 0.400. The quantitative estimate of drug-likeness (QED) is 0.653. The SMILES string of the molecule is Cc1cnc(N)nc1C1CC1. The second-order valence-corrected chi connectivity index (χ2v) is 3.07. The van der Waals surface area contributed by atoms with Crippen LogP contribution in [0.5, 0.6) is 0 Å². The van der Waals surface area contributed by atoms with Crippen LogP contribution in [0, 0.1) is 6.92 Å². The van der Waals surface area contributed by atoms with E-state index in [1.807, 2.05) is 6.92 Å². The van der Waals surface area contributed by atoms with Gasteiger partial charge >= 0.3 is 0 Å². The molecule has 58 valence electrons. The van der Waals surface area contributed by atoms with Gasteiger partial charge in [-0.15, -0.1) is 0 Å². The van der Waals surface area contributed by atoms with E-state index < -0.39 is 0 Å². The number of nitrogens with two attached hydrogens (primary N) is 1. The molecule has 0 amide bonds. The Morgan fingerprint density at radius 2 is 2.27 bits per heavy atom. The van der Waals surface area contributed by atoms with Crippen molar-refractivity contribution in [3.05, 3.63) is 17.5 Å². The monoisotopic (exact) mass is 149 g/mol. The van der Waals surface area contributed by atoms with Crippen LogP contribution in [0.2, 0.25) is 0 Å². The molecule has 1 aliphatic rings. The van der Waals surface area contributed by atoms with Crippen LogP contribution in [0.15, 0.2) is 6.20 Å². The zero-order valence-electron chi connectivity index (χ0n) is 6.54. The highest BCUT2D eigenvalue weighted by molar-refractivity contribution is 5.29. The van der Waals surface area contributed by atoms with E-state index in [9.17, 15) is 0 Å². The van der Waals surface area contributed by atoms with Crippen LogP contribution >= 0.6 is 0 Å². The standard InChI is InChI=1S/C8H11N3/c1-5-4-10-8(9)11-7(5)6-2-3-6/h4,6H,2-3H2,1H3,(H2,9,10,11). The van der Waals surface area contributed by atoms with E-state index >= 15 is 0 Å². The predicted molar refractivity (Wildman–Crippen MR) is 43.2 cm³/mol. The van der Waals surface area contributed by atoms with Gasteiger partial charge in [-0.25, -0.2) is 9.97 Å². The summed E-state index contributed by atoms with van der Waals surface area (Å²) in [6, 6.07) is 0. The van der Waals surface area contributed by atoms with E-state index in [0.717, 1.165) is 5.69 Å². The number of rotatable bonds is 1. The molecule has 3 nitrogen and oxygen atoms in total. The van der Waals surface area contributed by atoms with Gasteiger partial charge in [0, 0.05) is 12.1 Å². The van der Waals surface area contributed by atoms with E-state index in [4.69, 9.17) is 5.73 Å². The van der Waals surface area contributed by atoms with E-state index in [1.165, 1.54) is 18.4 Å². The molecule has 0 saturated heterocycles. The molecule has 1 aromatic rings. The summed E-state index contributed by atoms with van der Waals surface area (Å²) in [4.78, 5) is 8.12. The van der Waals surface area contributed by atoms with Crippen molar-refractivity contribution in [1.82, 2.24) is 9.97 Å². The number of nitrogens with zero attached hydrogens (tertiary/aromatic N) is 2. The largest absolute Gasteiger partial charge is 0.368 e. The predicted octanol–water partition coefficient (Wildman–Crippen LogP) is 1.24. The summed E-state index contributed by atoms with van der Waals surface area (Å²) < 4.78 is 0. The van der Waals surface area contributed by atoms with Crippen molar-refractivity contribution in [3.63, 3.8) is 0 Å². The Bertz CT molecular complexity index is 279. The van der Waals surface area contributed by atoms with Gasteiger partial charge in [-0.1, -0.05) is 0 Å². The highest BCUT2D eigenvalue weighted by Crippen LogP contribution is 2.40. The fourth-order valence-electron chi connectivity index (χ4n) is 1.24. The summed E-state index contributed by atoms with van der Waals surface area (Å²) in [7, 11) is 0. The summed E-state index contributed by atoms with van der Waals surface area (Å²) in [6.07, 6.45) is 4.32. The van der Waals surface area contributed by atoms with Crippen LogP contribution in [0.25, 0.3) is 0 Å². The number of hydrogen-bond acceptors (Lipinski definition) is 3. The zero-order valence-corrected chi connectivity index (χ0v) is 6.54. The maximum atomic E-state index is 5.47. The van der Waals surface area contributed by atoms with Gasteiger partial charge in [0.15, 0.2) is 0 Å². The molecule has 2 rings (SSSR count). The molecule has 2 N–H and O–H groups in total. The molecule has 0 spiro atoms. The lowest BCUT2D eigenvalue weighted by Gasteiger charge is -2.01. The minimum absolute atomic E-state index is 0.400. The molecule has 0 bridgehead atoms. The first kappa shape index (κ1) is 6.58. The summed E-state index contributed by atoms with van der Waals surface area (Å²) >= 11 is 0. The van der Waals surface area contributed by atoms with E-state index in [1.54, 1.807) is 6.20 Å². The third-order valence-electron chi connectivity index (χ3n) is 1.99. The number of nitrogen functional groups attached to an aromatic ring is 1. The molecular formula is C8H11N3. The van der Waals surface area contributed by atoms with Crippen molar-refractivity contribution in [2.24, 2.45) is 0 Å². The van der Waals surface area contributed by atoms with Crippen molar-refractivity contribution in [3.8, 4) is 0 Å². The summed E-state index contributed by atoms with van der Waals surface area (Å²) in [6.45, 7) is 2.03. The first-order valence-electron chi connectivity index (χ1n) is 3.86. The number of aryl methyl sites for hydroxylation is 1. The third-order valence-corrected chi connectivity index (χ3v) is 1.99. The summed E-state index contributed by atoms with van der Waals surface area (Å²) in [5.41, 5.74) is 7.79. The van der Waals surface area contributed by atoms with Gasteiger partial charge in [-0.3, -0.25) is 0 Å². The van der Waals surface area contributed by atoms with Crippen LogP contribution in [0.1, 0.15) is 30.0 Å². The Morgan fingerprint density at radius 1 is 1.55 bits per heavy atom. The second-order valence-electron chi connectivity index (χ2n) is 3.07. The highest BCUT2D eigenvalue weighted by atomic mass is 15.0. The van der Waals surface area contributed by atoms with Crippen LogP contribution in [-0.4, -0.2) is 9.97 Å². The molecule has 1 saturated carbocycles. The number of hydrogen-bond donors (Lipinski definition) is 1. The van der Waals surface area contributed by atoms with Crippen LogP contribution in [0.3, 0.4) is 0 Å². The fraction of sp³-hybridized carbons (Fsp3) is 0.500. The first-order chi connectivity index (χ1) is 5.27. The average molecular weight is 149 g/mol. The van der Waals surface area contributed by atoms with Crippen molar-refractivity contribution in [2.45, 2.75) is 25.7 Å². The van der Waals surface area contributed by atoms with Gasteiger partial charge in [0.2, 0.25) is 5.95 Å². The molecule has 0 aromatic carbocycles. The van der Waals surface area contributed by atoms with Crippen LogP contribution in [-0.2, 0) is 0 Å². The van der Waals surface area contributed by atoms with Crippen LogP contribution < -0.4 is 5.73 Å². The van der Waals surface area contributed by atoms with Gasteiger partial charge < -0.3 is 5.73 Å². The molecule has 1 aliphatic carbocycles. The zero-order chi connectivity index (χ0) is 7.84. The van der Waals surface area contributed by atoms with Gasteiger partial charge in [0.1, 0.15) is 0 Å². The Balaban J connectivity index is 2.42. The molecule has 1 heterocycles. The van der Waals surface area contributed by atoms with E-state index in [2.05, 4.69) is 9.97 Å². The van der Waals surface area contributed by atoms with Crippen molar-refractivity contribution in [1.29, 1.82) is 0 Å². The lowest BCUT2D eigenvalue weighted by atomic mass is 10.2. The maximum absolute atomic E-state index is 5.47. The smallest absolute Gasteiger partial charge is 0.220 e. The molecular weight excluding hydrogens is 138 g/mol. The summed E-state index contributed by atoms with van der Waals surface area (Å²) in [5.74, 6) is 1.07. The van der Waals surface area contributed by atoms with Crippen LogP contribution in [0.4, 0.5) is 5.95 Å². The van der Waals surface area contributed by atoms with Crippen molar-refractivity contribution < 1.29 is 0 Å². The average Bonchev–Trinajstić information content (AvgIpc) is 2.76. The lowest BCUT2D eigenvalue weighted by Crippen LogP contribution is -1.99. The molecule has 11 heavy (non-hydrogen) atoms. The Labute approximate surface area is 65.7 Å². The summed E-state index contributed by atoms with van der Waals surface area (Å²) in [5, 5.41) is 0. The fourth-order valence-corrected chi connectivity index (χ4v) is 1.24. The lowest BCUT2D eigenvalue weighted by molar-refractivity contribution is 0.969. The Kier molecular flexibility index (Phi) is 1.31. The highest BCUT2D eigenvalue weighted by Gasteiger charge is 2.26. The van der Waals surface area contributed by atoms with Gasteiger partial charge in [-0.2, -0.15) is 0 Å². The molecule has 0 unspecified atom stereocenters. The van der Waals surface area contributed by atoms with Gasteiger partial charge in [-0.05, 0) is 25.3 Å². The maximum Gasteiger partial charge on any atom is 0.220 e. The second kappa shape index (κ2) is 2.19. The third kappa shape index (κ3) is 1.18. The Hall–Kier alpha value is -1.12. The number of aromatic nitrogens is 2. The van der Waals surface area contributed by atoms with E-state index in [-0.39, 0.29) is 0 Å². The Morgan fingerprint density at radius 3 is 2.91 bits per heavy atom. The first-order valence-corrected chi connectivity index (χ1v) is 3.86. The number of anilines is 1. The van der Waals surface area contributed by atoms with Crippen molar-refractivity contribution >= 4 is 5.95 Å². The van der Waals surface area contributed by atoms with Gasteiger partial charge in [0.25, 0.3) is 0 Å². The van der Waals surface area contributed by atoms with E-state index in [0.29, 0.717) is 11.9 Å². The topological polar surface area (TPSA) is 51.8 Å². The van der Waals surface area contributed by atoms with Crippen molar-refractivity contribution in [2.75, 3.05) is 5.73 Å². The molecule has 1 fully saturated rings. The molecule has 1 aromatic heterocycles. The molecule has 0 radical (unpaired) electrons. The van der Waals surface area contributed by atoms with Gasteiger partial charge in [0.05, 0.1) is 5.69 Å².